The third kappa shape index (κ3) is 6.14. The summed E-state index contributed by atoms with van der Waals surface area (Å²) < 4.78 is 0. The fourth-order valence-electron chi connectivity index (χ4n) is 1.57. The largest absolute Gasteiger partial charge is 0.349 e. The Kier molecular flexibility index (Phi) is 7.99. The highest BCUT2D eigenvalue weighted by atomic mass is 35.5. The van der Waals surface area contributed by atoms with Gasteiger partial charge in [0.25, 0.3) is 0 Å². The van der Waals surface area contributed by atoms with Crippen LogP contribution in [-0.4, -0.2) is 36.9 Å². The Hall–Kier alpha value is -1.59. The molecule has 0 saturated carbocycles. The summed E-state index contributed by atoms with van der Waals surface area (Å²) in [7, 11) is 3.45. The molecule has 0 aliphatic rings. The number of halogens is 1. The highest BCUT2D eigenvalue weighted by Gasteiger charge is 2.17. The molecular weight excluding hydrogens is 290 g/mol. The van der Waals surface area contributed by atoms with E-state index in [2.05, 4.69) is 5.32 Å². The lowest BCUT2D eigenvalue weighted by atomic mass is 10.0. The average molecular weight is 314 g/mol. The summed E-state index contributed by atoms with van der Waals surface area (Å²) in [6.07, 6.45) is 0.354. The number of hydrogen-bond acceptors (Lipinski definition) is 3. The van der Waals surface area contributed by atoms with E-state index in [0.29, 0.717) is 12.1 Å². The lowest BCUT2D eigenvalue weighted by Crippen LogP contribution is -2.39. The minimum atomic E-state index is -0.523. The molecule has 6 heteroatoms. The summed E-state index contributed by atoms with van der Waals surface area (Å²) in [5.41, 5.74) is 7.37. The van der Waals surface area contributed by atoms with Crippen LogP contribution in [-0.2, 0) is 16.0 Å². The third-order valence-corrected chi connectivity index (χ3v) is 3.10. The molecule has 0 aliphatic heterocycles. The van der Waals surface area contributed by atoms with Crippen molar-refractivity contribution in [3.63, 3.8) is 0 Å². The molecule has 2 amide bonds. The smallest absolute Gasteiger partial charge is 0.241 e. The Morgan fingerprint density at radius 2 is 1.71 bits per heavy atom. The number of carbonyl (C=O) groups is 2. The van der Waals surface area contributed by atoms with Gasteiger partial charge in [-0.2, -0.15) is 0 Å². The molecule has 1 unspecified atom stereocenters. The maximum Gasteiger partial charge on any atom is 0.241 e. The van der Waals surface area contributed by atoms with Crippen LogP contribution in [0.3, 0.4) is 0 Å². The van der Waals surface area contributed by atoms with Crippen molar-refractivity contribution in [1.82, 2.24) is 4.90 Å². The van der Waals surface area contributed by atoms with Crippen LogP contribution in [0, 0.1) is 5.92 Å². The average Bonchev–Trinajstić information content (AvgIpc) is 2.39. The lowest BCUT2D eigenvalue weighted by molar-refractivity contribution is -0.128. The Morgan fingerprint density at radius 3 is 2.14 bits per heavy atom. The first kappa shape index (κ1) is 19.4. The van der Waals surface area contributed by atoms with Crippen molar-refractivity contribution in [3.8, 4) is 0 Å². The van der Waals surface area contributed by atoms with E-state index in [1.165, 1.54) is 0 Å². The first-order valence-electron chi connectivity index (χ1n) is 6.66. The maximum absolute atomic E-state index is 11.8. The van der Waals surface area contributed by atoms with E-state index in [4.69, 9.17) is 5.73 Å². The molecule has 0 bridgehead atoms. The van der Waals surface area contributed by atoms with Crippen LogP contribution in [0.4, 0.5) is 5.69 Å². The third-order valence-electron chi connectivity index (χ3n) is 3.10. The van der Waals surface area contributed by atoms with Crippen LogP contribution in [0.15, 0.2) is 24.3 Å². The van der Waals surface area contributed by atoms with Gasteiger partial charge in [0.2, 0.25) is 11.8 Å². The van der Waals surface area contributed by atoms with Crippen molar-refractivity contribution < 1.29 is 9.59 Å². The van der Waals surface area contributed by atoms with Crippen LogP contribution >= 0.6 is 12.4 Å². The molecule has 0 radical (unpaired) electrons. The fourth-order valence-corrected chi connectivity index (χ4v) is 1.57. The molecule has 1 aromatic carbocycles. The number of benzene rings is 1. The zero-order valence-corrected chi connectivity index (χ0v) is 13.7. The van der Waals surface area contributed by atoms with E-state index in [1.807, 2.05) is 26.0 Å². The molecule has 3 N–H and O–H groups in total. The number of anilines is 1. The molecule has 0 spiro atoms. The van der Waals surface area contributed by atoms with Crippen LogP contribution < -0.4 is 11.1 Å². The van der Waals surface area contributed by atoms with Crippen molar-refractivity contribution in [3.05, 3.63) is 29.8 Å². The highest BCUT2D eigenvalue weighted by Crippen LogP contribution is 2.12. The minimum Gasteiger partial charge on any atom is -0.349 e. The fraction of sp³-hybridized carbons (Fsp3) is 0.467. The lowest BCUT2D eigenvalue weighted by Gasteiger charge is -2.15. The van der Waals surface area contributed by atoms with Crippen LogP contribution in [0.5, 0.6) is 0 Å². The Balaban J connectivity index is 0.00000400. The van der Waals surface area contributed by atoms with Gasteiger partial charge in [-0.05, 0) is 23.6 Å². The molecule has 1 atom stereocenters. The second-order valence-electron chi connectivity index (χ2n) is 5.42. The number of hydrogen-bond donors (Lipinski definition) is 2. The van der Waals surface area contributed by atoms with Crippen molar-refractivity contribution in [1.29, 1.82) is 0 Å². The number of likely N-dealkylation sites (N-methyl/N-ethyl adjacent to an activating group) is 1. The zero-order valence-electron chi connectivity index (χ0n) is 12.9. The molecule has 0 fully saturated rings. The molecule has 1 aromatic rings. The number of carbonyl (C=O) groups excluding carboxylic acids is 2. The van der Waals surface area contributed by atoms with Crippen LogP contribution in [0.25, 0.3) is 0 Å². The van der Waals surface area contributed by atoms with E-state index in [0.717, 1.165) is 5.56 Å². The molecule has 21 heavy (non-hydrogen) atoms. The minimum absolute atomic E-state index is 0. The van der Waals surface area contributed by atoms with E-state index < -0.39 is 6.04 Å². The van der Waals surface area contributed by atoms with Gasteiger partial charge in [-0.25, -0.2) is 0 Å². The summed E-state index contributed by atoms with van der Waals surface area (Å²) in [4.78, 5) is 24.9. The molecular formula is C15H24ClN3O2. The Morgan fingerprint density at radius 1 is 1.19 bits per heavy atom. The van der Waals surface area contributed by atoms with Gasteiger partial charge in [-0.3, -0.25) is 9.59 Å². The first-order valence-corrected chi connectivity index (χ1v) is 6.66. The van der Waals surface area contributed by atoms with E-state index in [9.17, 15) is 9.59 Å². The molecule has 0 aliphatic carbocycles. The first-order chi connectivity index (χ1) is 9.31. The molecule has 118 valence electrons. The van der Waals surface area contributed by atoms with E-state index >= 15 is 0 Å². The van der Waals surface area contributed by atoms with Gasteiger partial charge in [0.15, 0.2) is 0 Å². The number of nitrogens with one attached hydrogen (secondary N) is 1. The SMILES string of the molecule is CC(C)C(N)C(=O)Nc1ccc(CC(=O)N(C)C)cc1.Cl. The van der Waals surface area contributed by atoms with Gasteiger partial charge >= 0.3 is 0 Å². The van der Waals surface area contributed by atoms with Gasteiger partial charge in [0.1, 0.15) is 0 Å². The number of nitrogens with zero attached hydrogens (tertiary/aromatic N) is 1. The second kappa shape index (κ2) is 8.64. The maximum atomic E-state index is 11.8. The van der Waals surface area contributed by atoms with Gasteiger partial charge in [0, 0.05) is 19.8 Å². The van der Waals surface area contributed by atoms with Gasteiger partial charge in [0.05, 0.1) is 12.5 Å². The van der Waals surface area contributed by atoms with Gasteiger partial charge < -0.3 is 16.0 Å². The molecule has 0 aromatic heterocycles. The summed E-state index contributed by atoms with van der Waals surface area (Å²) >= 11 is 0. The molecule has 0 heterocycles. The monoisotopic (exact) mass is 313 g/mol. The second-order valence-corrected chi connectivity index (χ2v) is 5.42. The van der Waals surface area contributed by atoms with Gasteiger partial charge in [-0.15, -0.1) is 12.4 Å². The number of nitrogens with two attached hydrogens (primary N) is 1. The Labute approximate surface area is 132 Å². The normalized spacial score (nSPS) is 11.5. The Bertz CT molecular complexity index is 472. The van der Waals surface area contributed by atoms with Crippen molar-refractivity contribution >= 4 is 29.9 Å². The highest BCUT2D eigenvalue weighted by molar-refractivity contribution is 5.94. The standard InChI is InChI=1S/C15H23N3O2.ClH/c1-10(2)14(16)15(20)17-12-7-5-11(6-8-12)9-13(19)18(3)4;/h5-8,10,14H,9,16H2,1-4H3,(H,17,20);1H. The van der Waals surface area contributed by atoms with Crippen LogP contribution in [0.2, 0.25) is 0 Å². The quantitative estimate of drug-likeness (QED) is 0.868. The van der Waals surface area contributed by atoms with Crippen molar-refractivity contribution in [2.75, 3.05) is 19.4 Å². The van der Waals surface area contributed by atoms with Gasteiger partial charge in [-0.1, -0.05) is 26.0 Å². The van der Waals surface area contributed by atoms with Crippen molar-refractivity contribution in [2.24, 2.45) is 11.7 Å². The summed E-state index contributed by atoms with van der Waals surface area (Å²) in [5, 5.41) is 2.77. The predicted octanol–water partition coefficient (Wildman–Crippen LogP) is 1.66. The van der Waals surface area contributed by atoms with Crippen molar-refractivity contribution in [2.45, 2.75) is 26.3 Å². The molecule has 5 nitrogen and oxygen atoms in total. The summed E-state index contributed by atoms with van der Waals surface area (Å²) in [5.74, 6) is -0.0623. The number of amides is 2. The van der Waals surface area contributed by atoms with Crippen LogP contribution in [0.1, 0.15) is 19.4 Å². The number of rotatable bonds is 5. The predicted molar refractivity (Wildman–Crippen MR) is 87.5 cm³/mol. The van der Waals surface area contributed by atoms with E-state index in [1.54, 1.807) is 31.1 Å². The molecule has 1 rings (SSSR count). The molecule has 0 saturated heterocycles. The van der Waals surface area contributed by atoms with E-state index in [-0.39, 0.29) is 30.1 Å². The topological polar surface area (TPSA) is 75.4 Å². The zero-order chi connectivity index (χ0) is 15.3. The summed E-state index contributed by atoms with van der Waals surface area (Å²) in [6.45, 7) is 3.81. The summed E-state index contributed by atoms with van der Waals surface area (Å²) in [6, 6.07) is 6.70.